The highest BCUT2D eigenvalue weighted by atomic mass is 35.5. The quantitative estimate of drug-likeness (QED) is 0.0744. The van der Waals surface area contributed by atoms with Gasteiger partial charge >= 0.3 is 0 Å². The number of rotatable bonds is 15. The fourth-order valence-electron chi connectivity index (χ4n) is 21.0. The number of halogens is 2. The average Bonchev–Trinajstić information content (AvgIpc) is 1.70. The largest absolute Gasteiger partial charge is 0.490 e. The van der Waals surface area contributed by atoms with Crippen LogP contribution in [0.25, 0.3) is 0 Å². The Morgan fingerprint density at radius 3 is 1.52 bits per heavy atom. The summed E-state index contributed by atoms with van der Waals surface area (Å²) in [6, 6.07) is 25.5. The van der Waals surface area contributed by atoms with Gasteiger partial charge in [0, 0.05) is 182 Å². The van der Waals surface area contributed by atoms with Crippen LogP contribution >= 0.6 is 23.2 Å². The molecule has 4 aliphatic carbocycles. The molecule has 0 aromatic heterocycles. The Kier molecular flexibility index (Phi) is 29.8. The number of amides is 2. The predicted molar refractivity (Wildman–Crippen MR) is 460 cm³/mol. The van der Waals surface area contributed by atoms with Gasteiger partial charge in [0.25, 0.3) is 11.8 Å². The Morgan fingerprint density at radius 2 is 1.08 bits per heavy atom. The molecule has 115 heavy (non-hydrogen) atoms. The normalized spacial score (nSPS) is 32.2. The number of nitrogens with zero attached hydrogens (tertiary/aromatic N) is 5. The Balaban J connectivity index is 0.000000191. The van der Waals surface area contributed by atoms with Crippen molar-refractivity contribution in [1.29, 1.82) is 0 Å². The summed E-state index contributed by atoms with van der Waals surface area (Å²) in [6.07, 6.45) is 20.0. The molecule has 3 N–H and O–H groups in total. The maximum atomic E-state index is 14.1. The van der Waals surface area contributed by atoms with Crippen molar-refractivity contribution in [2.45, 2.75) is 216 Å². The molecule has 4 bridgehead atoms. The number of carbonyl (C=O) groups excluding carboxylic acids is 2. The van der Waals surface area contributed by atoms with Crippen LogP contribution in [0.15, 0.2) is 97.1 Å². The van der Waals surface area contributed by atoms with Crippen LogP contribution in [0.2, 0.25) is 10.0 Å². The SMILES string of the molecule is CC(C)N1CCNC[C@H]1C.CCO[C@]1(CN2CCN(C(C)C)[C@H](C)C2)/C=C/C[C@H](C)[C@@H](CCOC)S(=O)(=O)NC(=O)c2ccc3c(c2)N(C[C@@H]2CC[C@H]21)C[C@@]1(CCCc2cc(Cl)ccc21)CO3.CCO[C@]1(OC)/C=C/C[C@H](C)[C@@H](CCOC)S(=O)(=O)NC(=O)c2ccc3c(c2)N(C[C@@H]2CC[C@H]21)C[C@@]1(CCCc2cc(Cl)ccc21)CO3. The molecule has 6 heterocycles. The smallest absolute Gasteiger partial charge is 0.264 e. The summed E-state index contributed by atoms with van der Waals surface area (Å²) in [5.74, 6) is -0.509. The third-order valence-corrected chi connectivity index (χ3v) is 31.6. The van der Waals surface area contributed by atoms with Gasteiger partial charge in [0.1, 0.15) is 17.1 Å². The topological polar surface area (TPSA) is 219 Å². The van der Waals surface area contributed by atoms with Gasteiger partial charge in [0.15, 0.2) is 5.79 Å². The van der Waals surface area contributed by atoms with Crippen LogP contribution in [0, 0.1) is 35.5 Å². The molecule has 14 atom stereocenters. The van der Waals surface area contributed by atoms with Crippen LogP contribution in [0.5, 0.6) is 11.5 Å². The number of benzene rings is 4. The summed E-state index contributed by atoms with van der Waals surface area (Å²) in [5.41, 5.74) is 6.13. The molecule has 2 saturated carbocycles. The summed E-state index contributed by atoms with van der Waals surface area (Å²) < 4.78 is 104. The van der Waals surface area contributed by atoms with E-state index in [1.165, 1.54) is 28.8 Å². The lowest BCUT2D eigenvalue weighted by Gasteiger charge is -2.53. The second-order valence-corrected chi connectivity index (χ2v) is 40.0. The fourth-order valence-corrected chi connectivity index (χ4v) is 24.7. The number of nitrogens with one attached hydrogen (secondary N) is 3. The second kappa shape index (κ2) is 38.6. The Bertz CT molecular complexity index is 4290. The van der Waals surface area contributed by atoms with Gasteiger partial charge in [0.2, 0.25) is 20.0 Å². The molecule has 14 rings (SSSR count). The van der Waals surface area contributed by atoms with Gasteiger partial charge in [-0.3, -0.25) is 24.3 Å². The molecule has 25 heteroatoms. The van der Waals surface area contributed by atoms with Crippen LogP contribution in [-0.4, -0.2) is 222 Å². The minimum atomic E-state index is -4.07. The first-order valence-electron chi connectivity index (χ1n) is 42.9. The first kappa shape index (κ1) is 88.9. The number of ether oxygens (including phenoxy) is 7. The molecule has 4 aromatic carbocycles. The van der Waals surface area contributed by atoms with Crippen molar-refractivity contribution in [1.82, 2.24) is 29.5 Å². The predicted octanol–water partition coefficient (Wildman–Crippen LogP) is 14.1. The maximum Gasteiger partial charge on any atom is 0.264 e. The number of piperazine rings is 2. The van der Waals surface area contributed by atoms with Crippen molar-refractivity contribution in [3.63, 3.8) is 0 Å². The van der Waals surface area contributed by atoms with Crippen molar-refractivity contribution < 1.29 is 59.6 Å². The minimum absolute atomic E-state index is 0.0856. The second-order valence-electron chi connectivity index (χ2n) is 35.3. The highest BCUT2D eigenvalue weighted by Gasteiger charge is 2.53. The van der Waals surface area contributed by atoms with E-state index in [2.05, 4.69) is 124 Å². The van der Waals surface area contributed by atoms with Crippen LogP contribution in [-0.2, 0) is 67.4 Å². The van der Waals surface area contributed by atoms with E-state index >= 15 is 0 Å². The Labute approximate surface area is 697 Å². The number of hydrogen-bond donors (Lipinski definition) is 3. The molecule has 21 nitrogen and oxygen atoms in total. The summed E-state index contributed by atoms with van der Waals surface area (Å²) in [5, 5.41) is 3.18. The van der Waals surface area contributed by atoms with Crippen LogP contribution < -0.4 is 34.0 Å². The molecule has 2 saturated heterocycles. The van der Waals surface area contributed by atoms with Gasteiger partial charge in [-0.2, -0.15) is 0 Å². The molecule has 10 aliphatic rings. The van der Waals surface area contributed by atoms with Crippen molar-refractivity contribution in [3.8, 4) is 11.5 Å². The number of hydrogen-bond acceptors (Lipinski definition) is 19. The van der Waals surface area contributed by atoms with Gasteiger partial charge in [-0.25, -0.2) is 26.3 Å². The van der Waals surface area contributed by atoms with E-state index in [0.717, 1.165) is 131 Å². The zero-order valence-electron chi connectivity index (χ0n) is 70.7. The zero-order valence-corrected chi connectivity index (χ0v) is 73.8. The van der Waals surface area contributed by atoms with E-state index in [1.54, 1.807) is 39.5 Å². The number of carbonyl (C=O) groups is 2. The van der Waals surface area contributed by atoms with Crippen LogP contribution in [0.4, 0.5) is 11.4 Å². The van der Waals surface area contributed by atoms with E-state index in [-0.39, 0.29) is 72.0 Å². The molecule has 636 valence electrons. The third kappa shape index (κ3) is 20.0. The third-order valence-electron chi connectivity index (χ3n) is 27.2. The van der Waals surface area contributed by atoms with Crippen LogP contribution in [0.1, 0.15) is 189 Å². The van der Waals surface area contributed by atoms with Crippen molar-refractivity contribution in [2.24, 2.45) is 35.5 Å². The summed E-state index contributed by atoms with van der Waals surface area (Å²) in [7, 11) is -3.31. The van der Waals surface area contributed by atoms with E-state index in [0.29, 0.717) is 106 Å². The Hall–Kier alpha value is -5.38. The Morgan fingerprint density at radius 1 is 0.583 bits per heavy atom. The lowest BCUT2D eigenvalue weighted by molar-refractivity contribution is -0.244. The fraction of sp³-hybridized carbons (Fsp3) is 0.667. The zero-order chi connectivity index (χ0) is 82.2. The molecule has 4 aromatic rings. The number of anilines is 2. The van der Waals surface area contributed by atoms with Crippen LogP contribution in [0.3, 0.4) is 0 Å². The van der Waals surface area contributed by atoms with Crippen molar-refractivity contribution in [3.05, 3.63) is 141 Å². The lowest BCUT2D eigenvalue weighted by Crippen LogP contribution is -2.61. The summed E-state index contributed by atoms with van der Waals surface area (Å²) in [6.45, 7) is 34.3. The van der Waals surface area contributed by atoms with Gasteiger partial charge < -0.3 is 48.3 Å². The van der Waals surface area contributed by atoms with Gasteiger partial charge in [-0.05, 0) is 264 Å². The number of aryl methyl sites for hydroxylation is 2. The molecule has 0 radical (unpaired) electrons. The molecule has 4 fully saturated rings. The molecular weight excluding hydrogens is 1540 g/mol. The van der Waals surface area contributed by atoms with E-state index in [9.17, 15) is 26.4 Å². The monoisotopic (exact) mass is 1670 g/mol. The van der Waals surface area contributed by atoms with Gasteiger partial charge in [-0.1, -0.05) is 67.4 Å². The number of fused-ring (bicyclic) bond motifs is 8. The highest BCUT2D eigenvalue weighted by Crippen LogP contribution is 2.53. The van der Waals surface area contributed by atoms with E-state index in [1.807, 2.05) is 63.3 Å². The molecule has 2 amide bonds. The molecule has 6 aliphatic heterocycles. The molecular formula is C90H132Cl2N8O13S2. The van der Waals surface area contributed by atoms with Crippen molar-refractivity contribution in [2.75, 3.05) is 143 Å². The number of sulfonamides is 2. The lowest BCUT2D eigenvalue weighted by atomic mass is 9.63. The summed E-state index contributed by atoms with van der Waals surface area (Å²) >= 11 is 13.0. The molecule has 2 spiro atoms. The minimum Gasteiger partial charge on any atom is -0.490 e. The average molecular weight is 1670 g/mol. The standard InChI is InChI=1S/C45H65ClN4O6S.C37H49ClN2O7S.C8H18N2/c1-7-56-45(29-48-21-22-50(31(2)3)33(5)26-48)20-8-10-32(4)42(18-23-54-6)57(52,53)47-43(51)35-13-17-41-40(25-35)49(27-36-12-15-39(36)45)28-44(30-55-41)19-9-11-34-24-37(46)14-16-38(34)44;1-5-47-37(45-4)18-6-8-25(2)34(16-19-44-3)48(42,43)39-35(41)27-11-15-33-32(21-27)40(22-28-10-13-31(28)37)23-36(24-46-33)17-7-9-26-20-29(38)12-14-30(26)36;1-7(2)10-5-4-9-6-8(10)3/h8,13-14,16-17,20,24-25,31-33,36,39,42H,7,9-12,15,18-19,21-23,26-30H2,1-6H3,(H,47,51);6,11-12,14-15,18,20-21,25,28,31,34H,5,7-10,13,16-17,19,22-24H2,1-4H3,(H,39,41);7-9H,4-6H2,1-3H3/b20-8+;18-6+;/t32-,33+,36-,39+,42+,44-,45-;25-,28-,31+,34+,36-,37+;8-/m001/s1. The number of allylic oxidation sites excluding steroid dienone is 2. The van der Waals surface area contributed by atoms with Gasteiger partial charge in [0.05, 0.1) is 35.1 Å². The highest BCUT2D eigenvalue weighted by molar-refractivity contribution is 7.91. The number of methoxy groups -OCH3 is 3. The summed E-state index contributed by atoms with van der Waals surface area (Å²) in [4.78, 5) is 40.2. The first-order chi connectivity index (χ1) is 55.0. The van der Waals surface area contributed by atoms with E-state index in [4.69, 9.17) is 56.4 Å². The molecule has 0 unspecified atom stereocenters. The maximum absolute atomic E-state index is 14.1. The first-order valence-corrected chi connectivity index (χ1v) is 46.7. The van der Waals surface area contributed by atoms with Crippen molar-refractivity contribution >= 4 is 66.4 Å². The van der Waals surface area contributed by atoms with E-state index < -0.39 is 53.7 Å². The van der Waals surface area contributed by atoms with Gasteiger partial charge in [-0.15, -0.1) is 0 Å².